The molecule has 0 spiro atoms. The van der Waals surface area contributed by atoms with Crippen LogP contribution in [0.3, 0.4) is 0 Å². The average molecular weight is 854 g/mol. The van der Waals surface area contributed by atoms with Gasteiger partial charge in [-0.05, 0) is 156 Å². The predicted octanol–water partition coefficient (Wildman–Crippen LogP) is 9.26. The van der Waals surface area contributed by atoms with Crippen LogP contribution in [-0.4, -0.2) is 49.3 Å². The summed E-state index contributed by atoms with van der Waals surface area (Å²) in [5.74, 6) is -1.30. The van der Waals surface area contributed by atoms with Crippen molar-refractivity contribution in [1.29, 1.82) is 0 Å². The van der Waals surface area contributed by atoms with Crippen molar-refractivity contribution in [2.45, 2.75) is 101 Å². The first-order valence-corrected chi connectivity index (χ1v) is 22.7. The first kappa shape index (κ1) is 42.6. The van der Waals surface area contributed by atoms with Gasteiger partial charge in [-0.2, -0.15) is 0 Å². The molecule has 10 heteroatoms. The zero-order valence-electron chi connectivity index (χ0n) is 35.6. The van der Waals surface area contributed by atoms with Crippen LogP contribution >= 0.6 is 0 Å². The number of benzene rings is 5. The van der Waals surface area contributed by atoms with Gasteiger partial charge in [0.15, 0.2) is 23.0 Å². The molecule has 8 N–H and O–H groups in total. The number of ether oxygens (including phenoxy) is 2. The van der Waals surface area contributed by atoms with E-state index in [1.165, 1.54) is 5.56 Å². The van der Waals surface area contributed by atoms with Gasteiger partial charge in [-0.15, -0.1) is 0 Å². The fraction of sp³-hybridized carbons (Fsp3) is 0.415. The first-order chi connectivity index (χ1) is 30.5. The van der Waals surface area contributed by atoms with Crippen molar-refractivity contribution >= 4 is 5.78 Å². The van der Waals surface area contributed by atoms with Crippen LogP contribution in [0.5, 0.6) is 40.2 Å². The van der Waals surface area contributed by atoms with Gasteiger partial charge < -0.3 is 40.1 Å². The van der Waals surface area contributed by atoms with Gasteiger partial charge in [0.05, 0.1) is 6.10 Å². The molecule has 0 unspecified atom stereocenters. The summed E-state index contributed by atoms with van der Waals surface area (Å²) in [7, 11) is 0. The van der Waals surface area contributed by atoms with Crippen LogP contribution in [0.15, 0.2) is 103 Å². The summed E-state index contributed by atoms with van der Waals surface area (Å²) in [6.07, 6.45) is 7.47. The number of fused-ring (bicyclic) bond motifs is 1. The predicted molar refractivity (Wildman–Crippen MR) is 239 cm³/mol. The lowest BCUT2D eigenvalue weighted by molar-refractivity contribution is -0.136. The summed E-state index contributed by atoms with van der Waals surface area (Å²) in [6, 6.07) is 31.6. The van der Waals surface area contributed by atoms with Crippen LogP contribution < -0.4 is 15.2 Å². The highest BCUT2D eigenvalue weighted by Crippen LogP contribution is 2.68. The third kappa shape index (κ3) is 8.19. The Morgan fingerprint density at radius 3 is 2.24 bits per heavy atom. The van der Waals surface area contributed by atoms with Gasteiger partial charge >= 0.3 is 0 Å². The molecule has 10 nitrogen and oxygen atoms in total. The van der Waals surface area contributed by atoms with E-state index >= 15 is 0 Å². The SMILES string of the molecule is NCOc1cc(CCC(=O)[C@@H]2C[C@H](Cc3ccc(O)cc3)[C@H]3C[C@H]4C[C@H](C5(c6ccccc6)CCCCC5)[C@H](c5cc(O)c(O)c(OCc6cccc(O)c6)c54)[C@@H]3[C@H]2O)ccc1O. The molecule has 2 bridgehead atoms. The minimum absolute atomic E-state index is 0.00827. The van der Waals surface area contributed by atoms with E-state index in [1.807, 2.05) is 18.2 Å². The number of aliphatic hydroxyl groups excluding tert-OH is 1. The molecular formula is C53H59NO9. The van der Waals surface area contributed by atoms with Crippen LogP contribution in [0, 0.1) is 29.6 Å². The Bertz CT molecular complexity index is 2410. The number of aromatic hydroxyl groups is 5. The number of rotatable bonds is 13. The van der Waals surface area contributed by atoms with E-state index < -0.39 is 12.0 Å². The fourth-order valence-corrected chi connectivity index (χ4v) is 12.7. The molecule has 0 saturated heterocycles. The van der Waals surface area contributed by atoms with Crippen molar-refractivity contribution in [2.75, 3.05) is 6.73 Å². The molecule has 8 atom stereocenters. The highest BCUT2D eigenvalue weighted by molar-refractivity contribution is 5.82. The van der Waals surface area contributed by atoms with E-state index in [0.717, 1.165) is 60.8 Å². The summed E-state index contributed by atoms with van der Waals surface area (Å²) in [5.41, 5.74) is 11.0. The minimum Gasteiger partial charge on any atom is -0.508 e. The zero-order valence-corrected chi connectivity index (χ0v) is 35.6. The zero-order chi connectivity index (χ0) is 43.8. The molecule has 5 aromatic carbocycles. The second-order valence-electron chi connectivity index (χ2n) is 18.7. The highest BCUT2D eigenvalue weighted by Gasteiger charge is 2.60. The molecule has 10 rings (SSSR count). The van der Waals surface area contributed by atoms with E-state index in [9.17, 15) is 35.4 Å². The van der Waals surface area contributed by atoms with Gasteiger partial charge in [-0.25, -0.2) is 0 Å². The molecule has 0 heterocycles. The number of aryl methyl sites for hydroxylation is 1. The quantitative estimate of drug-likeness (QED) is 0.0445. The lowest BCUT2D eigenvalue weighted by atomic mass is 9.50. The van der Waals surface area contributed by atoms with Crippen molar-refractivity contribution in [2.24, 2.45) is 35.3 Å². The van der Waals surface area contributed by atoms with E-state index in [1.54, 1.807) is 54.6 Å². The summed E-state index contributed by atoms with van der Waals surface area (Å²) in [6.45, 7) is -0.0431. The maximum absolute atomic E-state index is 14.8. The number of carbonyl (C=O) groups excluding carboxylic acids is 1. The molecule has 0 aromatic heterocycles. The molecule has 0 radical (unpaired) electrons. The standard InChI is InChI=1S/C53H59NO9/c54-30-63-46-24-32(15-19-44(46)58)14-18-43(57)40-25-34(22-31-12-16-37(55)17-13-31)39-26-35-27-42(53(20-5-2-6-21-53)36-9-3-1-4-10-36)48(49(39)50(40)60)41-28-45(59)51(61)52(47(35)41)62-29-33-8-7-11-38(56)23-33/h1,3-4,7-13,15-17,19,23-24,28,34-35,39-40,42,48-50,55-56,58-61H,2,5-6,14,18,20-22,25-27,29-30,54H2/t34-,35-,39+,40-,42-,48-,49+,50-/m0/s1. The van der Waals surface area contributed by atoms with Crippen LogP contribution in [0.25, 0.3) is 0 Å². The number of hydrogen-bond donors (Lipinski definition) is 7. The van der Waals surface area contributed by atoms with Gasteiger partial charge in [-0.3, -0.25) is 10.5 Å². The second kappa shape index (κ2) is 17.8. The first-order valence-electron chi connectivity index (χ1n) is 22.7. The number of phenolic OH excluding ortho intramolecular Hbond substituents is 5. The van der Waals surface area contributed by atoms with E-state index in [-0.39, 0.29) is 107 Å². The Balaban J connectivity index is 1.17. The maximum atomic E-state index is 14.8. The molecule has 5 aromatic rings. The Kier molecular flexibility index (Phi) is 12.0. The molecule has 5 aliphatic rings. The Morgan fingerprint density at radius 2 is 1.49 bits per heavy atom. The fourth-order valence-electron chi connectivity index (χ4n) is 12.7. The lowest BCUT2D eigenvalue weighted by Crippen LogP contribution is -2.52. The Labute approximate surface area is 369 Å². The topological polar surface area (TPSA) is 183 Å². The number of ketones is 1. The van der Waals surface area contributed by atoms with Crippen LogP contribution in [-0.2, 0) is 29.7 Å². The average Bonchev–Trinajstić information content (AvgIpc) is 3.55. The molecule has 0 amide bonds. The lowest BCUT2D eigenvalue weighted by Gasteiger charge is -2.54. The molecule has 3 fully saturated rings. The number of Topliss-reactive ketones (excluding diaryl/α,β-unsaturated/α-hetero) is 1. The number of hydrogen-bond acceptors (Lipinski definition) is 10. The number of carbonyl (C=O) groups is 1. The van der Waals surface area contributed by atoms with Crippen LogP contribution in [0.2, 0.25) is 0 Å². The molecule has 63 heavy (non-hydrogen) atoms. The van der Waals surface area contributed by atoms with Crippen molar-refractivity contribution in [3.8, 4) is 40.2 Å². The van der Waals surface area contributed by atoms with Crippen LogP contribution in [0.1, 0.15) is 103 Å². The smallest absolute Gasteiger partial charge is 0.200 e. The van der Waals surface area contributed by atoms with E-state index in [0.29, 0.717) is 31.2 Å². The molecule has 0 aliphatic heterocycles. The second-order valence-corrected chi connectivity index (χ2v) is 18.7. The van der Waals surface area contributed by atoms with Gasteiger partial charge in [0.25, 0.3) is 0 Å². The summed E-state index contributed by atoms with van der Waals surface area (Å²) >= 11 is 0. The van der Waals surface area contributed by atoms with Gasteiger partial charge in [-0.1, -0.05) is 79.9 Å². The minimum atomic E-state index is -0.990. The number of aliphatic hydroxyl groups is 1. The molecule has 330 valence electrons. The third-order valence-corrected chi connectivity index (χ3v) is 15.3. The van der Waals surface area contributed by atoms with Gasteiger partial charge in [0.2, 0.25) is 5.75 Å². The van der Waals surface area contributed by atoms with Crippen molar-refractivity contribution in [3.63, 3.8) is 0 Å². The highest BCUT2D eigenvalue weighted by atomic mass is 16.5. The summed E-state index contributed by atoms with van der Waals surface area (Å²) in [5, 5.41) is 67.3. The summed E-state index contributed by atoms with van der Waals surface area (Å²) < 4.78 is 12.0. The van der Waals surface area contributed by atoms with Crippen molar-refractivity contribution < 1.29 is 44.9 Å². The van der Waals surface area contributed by atoms with Crippen molar-refractivity contribution in [1.82, 2.24) is 0 Å². The maximum Gasteiger partial charge on any atom is 0.200 e. The number of nitrogens with two attached hydrogens (primary N) is 1. The van der Waals surface area contributed by atoms with Gasteiger partial charge in [0, 0.05) is 17.9 Å². The molecular weight excluding hydrogens is 795 g/mol. The number of phenols is 5. The van der Waals surface area contributed by atoms with Crippen LogP contribution in [0.4, 0.5) is 0 Å². The van der Waals surface area contributed by atoms with Gasteiger partial charge in [0.1, 0.15) is 30.6 Å². The molecule has 3 saturated carbocycles. The third-order valence-electron chi connectivity index (χ3n) is 15.3. The monoisotopic (exact) mass is 853 g/mol. The van der Waals surface area contributed by atoms with E-state index in [4.69, 9.17) is 15.2 Å². The van der Waals surface area contributed by atoms with Crippen molar-refractivity contribution in [3.05, 3.63) is 137 Å². The Morgan fingerprint density at radius 1 is 0.730 bits per heavy atom. The van der Waals surface area contributed by atoms with E-state index in [2.05, 4.69) is 30.3 Å². The largest absolute Gasteiger partial charge is 0.508 e. The summed E-state index contributed by atoms with van der Waals surface area (Å²) in [4.78, 5) is 14.8. The molecule has 5 aliphatic carbocycles. The normalized spacial score (nSPS) is 25.9. The Hall–Kier alpha value is -5.71.